The van der Waals surface area contributed by atoms with E-state index in [0.29, 0.717) is 11.4 Å². The number of carbonyl (C=O) groups is 1. The number of H-pyrrole nitrogens is 1. The Labute approximate surface area is 98.0 Å². The number of carboxylic acid groups (broad SMARTS) is 1. The summed E-state index contributed by atoms with van der Waals surface area (Å²) in [6, 6.07) is 5.66. The van der Waals surface area contributed by atoms with Crippen molar-refractivity contribution in [3.63, 3.8) is 0 Å². The zero-order valence-corrected chi connectivity index (χ0v) is 9.64. The largest absolute Gasteiger partial charge is 0.481 e. The molecule has 0 aliphatic rings. The first-order valence-electron chi connectivity index (χ1n) is 5.07. The van der Waals surface area contributed by atoms with E-state index in [4.69, 9.17) is 16.7 Å². The number of carboxylic acids is 1. The fraction of sp³-hybridized carbons (Fsp3) is 0.250. The second-order valence-electron chi connectivity index (χ2n) is 3.78. The second kappa shape index (κ2) is 4.18. The van der Waals surface area contributed by atoms with Gasteiger partial charge in [-0.3, -0.25) is 4.79 Å². The third kappa shape index (κ3) is 1.91. The molecular formula is C12H12ClNO2. The third-order valence-electron chi connectivity index (χ3n) is 2.69. The fourth-order valence-corrected chi connectivity index (χ4v) is 2.14. The van der Waals surface area contributed by atoms with Crippen LogP contribution in [0.25, 0.3) is 10.9 Å². The summed E-state index contributed by atoms with van der Waals surface area (Å²) in [6.07, 6.45) is 0.668. The lowest BCUT2D eigenvalue weighted by Crippen LogP contribution is -1.97. The van der Waals surface area contributed by atoms with Gasteiger partial charge in [0.2, 0.25) is 0 Å². The summed E-state index contributed by atoms with van der Waals surface area (Å²) in [5.74, 6) is -0.782. The first-order chi connectivity index (χ1) is 7.59. The maximum Gasteiger partial charge on any atom is 0.303 e. The van der Waals surface area contributed by atoms with Crippen molar-refractivity contribution in [3.05, 3.63) is 34.5 Å². The molecule has 0 saturated carbocycles. The summed E-state index contributed by atoms with van der Waals surface area (Å²) in [5, 5.41) is 10.4. The van der Waals surface area contributed by atoms with Gasteiger partial charge < -0.3 is 10.1 Å². The number of para-hydroxylation sites is 1. The smallest absolute Gasteiger partial charge is 0.303 e. The van der Waals surface area contributed by atoms with Crippen LogP contribution in [0.1, 0.15) is 17.7 Å². The quantitative estimate of drug-likeness (QED) is 0.862. The second-order valence-corrected chi connectivity index (χ2v) is 4.19. The lowest BCUT2D eigenvalue weighted by atomic mass is 10.1. The Morgan fingerprint density at radius 3 is 2.94 bits per heavy atom. The van der Waals surface area contributed by atoms with Crippen molar-refractivity contribution in [2.45, 2.75) is 19.8 Å². The normalized spacial score (nSPS) is 10.9. The summed E-state index contributed by atoms with van der Waals surface area (Å²) in [7, 11) is 0. The first-order valence-corrected chi connectivity index (χ1v) is 5.45. The van der Waals surface area contributed by atoms with Crippen molar-refractivity contribution < 1.29 is 9.90 Å². The third-order valence-corrected chi connectivity index (χ3v) is 3.01. The molecule has 1 aromatic carbocycles. The van der Waals surface area contributed by atoms with Crippen molar-refractivity contribution in [2.75, 3.05) is 0 Å². The van der Waals surface area contributed by atoms with Crippen LogP contribution >= 0.6 is 11.6 Å². The molecule has 0 aliphatic carbocycles. The summed E-state index contributed by atoms with van der Waals surface area (Å²) in [5.41, 5.74) is 2.92. The van der Waals surface area contributed by atoms with Crippen LogP contribution in [0.3, 0.4) is 0 Å². The number of aliphatic carboxylic acids is 1. The average molecular weight is 238 g/mol. The highest BCUT2D eigenvalue weighted by Crippen LogP contribution is 2.28. The zero-order valence-electron chi connectivity index (χ0n) is 8.88. The van der Waals surface area contributed by atoms with Gasteiger partial charge in [0.25, 0.3) is 0 Å². The van der Waals surface area contributed by atoms with Gasteiger partial charge in [0, 0.05) is 17.5 Å². The van der Waals surface area contributed by atoms with Crippen molar-refractivity contribution in [1.82, 2.24) is 4.98 Å². The van der Waals surface area contributed by atoms with Gasteiger partial charge in [0.15, 0.2) is 0 Å². The lowest BCUT2D eigenvalue weighted by Gasteiger charge is -1.98. The minimum atomic E-state index is -0.782. The van der Waals surface area contributed by atoms with E-state index >= 15 is 0 Å². The van der Waals surface area contributed by atoms with Gasteiger partial charge in [-0.05, 0) is 25.0 Å². The number of fused-ring (bicyclic) bond motifs is 1. The molecule has 16 heavy (non-hydrogen) atoms. The van der Waals surface area contributed by atoms with E-state index in [2.05, 4.69) is 4.98 Å². The van der Waals surface area contributed by atoms with Gasteiger partial charge in [-0.1, -0.05) is 23.7 Å². The number of aromatic amines is 1. The molecule has 0 spiro atoms. The number of hydrogen-bond acceptors (Lipinski definition) is 1. The van der Waals surface area contributed by atoms with Crippen molar-refractivity contribution in [1.29, 1.82) is 0 Å². The van der Waals surface area contributed by atoms with E-state index in [1.165, 1.54) is 0 Å². The molecule has 0 unspecified atom stereocenters. The molecule has 1 aromatic heterocycles. The molecule has 0 bridgehead atoms. The van der Waals surface area contributed by atoms with Crippen LogP contribution in [0.5, 0.6) is 0 Å². The lowest BCUT2D eigenvalue weighted by molar-refractivity contribution is -0.136. The van der Waals surface area contributed by atoms with Crippen LogP contribution in [0.4, 0.5) is 0 Å². The maximum atomic E-state index is 10.6. The summed E-state index contributed by atoms with van der Waals surface area (Å²) < 4.78 is 0. The van der Waals surface area contributed by atoms with Gasteiger partial charge >= 0.3 is 5.97 Å². The Balaban J connectivity index is 2.48. The van der Waals surface area contributed by atoms with Gasteiger partial charge in [0.1, 0.15) is 0 Å². The Hall–Kier alpha value is -1.48. The number of nitrogens with one attached hydrogen (secondary N) is 1. The Morgan fingerprint density at radius 1 is 1.50 bits per heavy atom. The highest BCUT2D eigenvalue weighted by atomic mass is 35.5. The Kier molecular flexibility index (Phi) is 2.88. The molecule has 0 fully saturated rings. The predicted molar refractivity (Wildman–Crippen MR) is 64.0 cm³/mol. The summed E-state index contributed by atoms with van der Waals surface area (Å²) >= 11 is 6.06. The molecule has 84 valence electrons. The van der Waals surface area contributed by atoms with E-state index < -0.39 is 5.97 Å². The van der Waals surface area contributed by atoms with Crippen molar-refractivity contribution in [3.8, 4) is 0 Å². The zero-order chi connectivity index (χ0) is 11.7. The number of hydrogen-bond donors (Lipinski definition) is 2. The van der Waals surface area contributed by atoms with Gasteiger partial charge in [-0.25, -0.2) is 0 Å². The highest BCUT2D eigenvalue weighted by molar-refractivity contribution is 6.35. The highest BCUT2D eigenvalue weighted by Gasteiger charge is 2.11. The molecule has 0 saturated heterocycles. The molecular weight excluding hydrogens is 226 g/mol. The van der Waals surface area contributed by atoms with Gasteiger partial charge in [-0.2, -0.15) is 0 Å². The number of benzene rings is 1. The maximum absolute atomic E-state index is 10.6. The molecule has 2 N–H and O–H groups in total. The number of halogens is 1. The molecule has 0 aliphatic heterocycles. The topological polar surface area (TPSA) is 53.1 Å². The van der Waals surface area contributed by atoms with E-state index in [1.807, 2.05) is 25.1 Å². The molecule has 0 radical (unpaired) electrons. The number of aryl methyl sites for hydroxylation is 2. The average Bonchev–Trinajstić information content (AvgIpc) is 2.53. The summed E-state index contributed by atoms with van der Waals surface area (Å²) in [4.78, 5) is 13.8. The number of rotatable bonds is 3. The van der Waals surface area contributed by atoms with E-state index in [1.54, 1.807) is 0 Å². The van der Waals surface area contributed by atoms with Crippen LogP contribution < -0.4 is 0 Å². The molecule has 3 nitrogen and oxygen atoms in total. The Morgan fingerprint density at radius 2 is 2.25 bits per heavy atom. The molecule has 2 aromatic rings. The minimum Gasteiger partial charge on any atom is -0.481 e. The minimum absolute atomic E-state index is 0.139. The predicted octanol–water partition coefficient (Wildman–Crippen LogP) is 3.15. The standard InChI is InChI=1S/C12H12ClNO2/c1-7-8(5-6-11(15)16)9-3-2-4-10(13)12(9)14-7/h2-4,14H,5-6H2,1H3,(H,15,16). The molecule has 0 amide bonds. The molecule has 0 atom stereocenters. The van der Waals surface area contributed by atoms with E-state index in [-0.39, 0.29) is 6.42 Å². The number of aromatic nitrogens is 1. The van der Waals surface area contributed by atoms with Crippen LogP contribution in [-0.4, -0.2) is 16.1 Å². The molecule has 4 heteroatoms. The van der Waals surface area contributed by atoms with E-state index in [0.717, 1.165) is 22.2 Å². The van der Waals surface area contributed by atoms with Crippen LogP contribution in [-0.2, 0) is 11.2 Å². The van der Waals surface area contributed by atoms with Crippen molar-refractivity contribution >= 4 is 28.5 Å². The first kappa shape index (κ1) is 11.0. The van der Waals surface area contributed by atoms with Crippen LogP contribution in [0, 0.1) is 6.92 Å². The van der Waals surface area contributed by atoms with Gasteiger partial charge in [0.05, 0.1) is 10.5 Å². The van der Waals surface area contributed by atoms with Crippen LogP contribution in [0.2, 0.25) is 5.02 Å². The Bertz CT molecular complexity index is 545. The molecule has 2 rings (SSSR count). The fourth-order valence-electron chi connectivity index (χ4n) is 1.92. The van der Waals surface area contributed by atoms with Crippen molar-refractivity contribution in [2.24, 2.45) is 0 Å². The van der Waals surface area contributed by atoms with Gasteiger partial charge in [-0.15, -0.1) is 0 Å². The van der Waals surface area contributed by atoms with E-state index in [9.17, 15) is 4.79 Å². The monoisotopic (exact) mass is 237 g/mol. The summed E-state index contributed by atoms with van der Waals surface area (Å²) in [6.45, 7) is 1.94. The van der Waals surface area contributed by atoms with Crippen LogP contribution in [0.15, 0.2) is 18.2 Å². The SMILES string of the molecule is Cc1[nH]c2c(Cl)cccc2c1CCC(=O)O. The molecule has 1 heterocycles.